The highest BCUT2D eigenvalue weighted by molar-refractivity contribution is 7.45. The van der Waals surface area contributed by atoms with Crippen molar-refractivity contribution in [3.8, 4) is 0 Å². The molecule has 0 N–H and O–H groups in total. The van der Waals surface area contributed by atoms with Crippen molar-refractivity contribution >= 4 is 13.8 Å². The van der Waals surface area contributed by atoms with Crippen LogP contribution in [-0.4, -0.2) is 70.7 Å². The van der Waals surface area contributed by atoms with Crippen molar-refractivity contribution in [2.45, 2.75) is 225 Å². The molecule has 0 aromatic heterocycles. The largest absolute Gasteiger partial charge is 0.756 e. The summed E-state index contributed by atoms with van der Waals surface area (Å²) in [6, 6.07) is 0. The molecule has 0 bridgehead atoms. The highest BCUT2D eigenvalue weighted by Crippen LogP contribution is 2.38. The third kappa shape index (κ3) is 51.1. The second-order valence-electron chi connectivity index (χ2n) is 18.5. The second-order valence-corrected chi connectivity index (χ2v) is 19.9. The minimum atomic E-state index is -4.54. The van der Waals surface area contributed by atoms with Crippen LogP contribution in [-0.2, 0) is 27.9 Å². The van der Waals surface area contributed by atoms with Crippen LogP contribution in [0.4, 0.5) is 0 Å². The Morgan fingerprint density at radius 1 is 0.508 bits per heavy atom. The Hall–Kier alpha value is -1.80. The number of carbonyl (C=O) groups is 1. The number of allylic oxidation sites excluding steroid dienone is 10. The fourth-order valence-corrected chi connectivity index (χ4v) is 7.79. The summed E-state index contributed by atoms with van der Waals surface area (Å²) < 4.78 is 34.7. The van der Waals surface area contributed by atoms with E-state index in [0.29, 0.717) is 24.1 Å². The van der Waals surface area contributed by atoms with E-state index < -0.39 is 13.9 Å². The molecule has 2 unspecified atom stereocenters. The van der Waals surface area contributed by atoms with Gasteiger partial charge in [0, 0.05) is 13.0 Å². The summed E-state index contributed by atoms with van der Waals surface area (Å²) in [5, 5.41) is 0. The van der Waals surface area contributed by atoms with E-state index in [1.165, 1.54) is 128 Å². The average Bonchev–Trinajstić information content (AvgIpc) is 3.24. The Labute approximate surface area is 390 Å². The first-order valence-electron chi connectivity index (χ1n) is 26.0. The Bertz CT molecular complexity index is 1190. The first-order chi connectivity index (χ1) is 30.6. The third-order valence-corrected chi connectivity index (χ3v) is 12.0. The standard InChI is InChI=1S/C54H100NO7P/c1-6-8-10-12-14-16-18-20-22-24-26-27-28-30-32-34-36-38-40-42-44-46-49-59-51-53(52-61-63(57,58)60-50-48-55(3,4)5)62-54(56)47-45-43-41-39-37-35-33-31-29-25-23-21-19-17-15-13-11-9-7-2/h9,11,15,17,21,23-24,26,29,31,53H,6-8,10,12-14,16,18-20,22,25,27-28,30,32-52H2,1-5H3/b11-9-,17-15-,23-21-,26-24-,31-29-. The van der Waals surface area contributed by atoms with Crippen molar-refractivity contribution in [1.82, 2.24) is 0 Å². The summed E-state index contributed by atoms with van der Waals surface area (Å²) in [4.78, 5) is 25.2. The zero-order valence-electron chi connectivity index (χ0n) is 41.8. The van der Waals surface area contributed by atoms with Crippen molar-refractivity contribution < 1.29 is 37.3 Å². The summed E-state index contributed by atoms with van der Waals surface area (Å²) in [6.07, 6.45) is 59.6. The van der Waals surface area contributed by atoms with Gasteiger partial charge in [-0.2, -0.15) is 0 Å². The van der Waals surface area contributed by atoms with Crippen molar-refractivity contribution in [2.75, 3.05) is 54.1 Å². The molecular formula is C54H100NO7P. The van der Waals surface area contributed by atoms with E-state index in [2.05, 4.69) is 74.6 Å². The van der Waals surface area contributed by atoms with Gasteiger partial charge < -0.3 is 27.9 Å². The van der Waals surface area contributed by atoms with Crippen LogP contribution in [0.5, 0.6) is 0 Å². The number of ether oxygens (including phenoxy) is 2. The van der Waals surface area contributed by atoms with Gasteiger partial charge in [-0.05, 0) is 77.0 Å². The fourth-order valence-electron chi connectivity index (χ4n) is 7.06. The number of esters is 1. The number of quaternary nitrogens is 1. The second kappa shape index (κ2) is 46.7. The number of likely N-dealkylation sites (N-methyl/N-ethyl adjacent to an activating group) is 1. The predicted molar refractivity (Wildman–Crippen MR) is 268 cm³/mol. The van der Waals surface area contributed by atoms with Crippen LogP contribution in [0.15, 0.2) is 60.8 Å². The van der Waals surface area contributed by atoms with Gasteiger partial charge in [-0.3, -0.25) is 9.36 Å². The van der Waals surface area contributed by atoms with Crippen LogP contribution < -0.4 is 4.89 Å². The molecule has 0 aliphatic carbocycles. The van der Waals surface area contributed by atoms with Gasteiger partial charge in [-0.25, -0.2) is 0 Å². The van der Waals surface area contributed by atoms with Gasteiger partial charge >= 0.3 is 5.97 Å². The summed E-state index contributed by atoms with van der Waals surface area (Å²) in [5.41, 5.74) is 0. The number of hydrogen-bond acceptors (Lipinski definition) is 7. The van der Waals surface area contributed by atoms with Gasteiger partial charge in [0.2, 0.25) is 0 Å². The molecule has 0 aliphatic rings. The summed E-state index contributed by atoms with van der Waals surface area (Å²) in [5.74, 6) is -0.348. The van der Waals surface area contributed by atoms with E-state index in [0.717, 1.165) is 70.6 Å². The van der Waals surface area contributed by atoms with E-state index in [-0.39, 0.29) is 25.8 Å². The smallest absolute Gasteiger partial charge is 0.306 e. The molecule has 0 heterocycles. The predicted octanol–water partition coefficient (Wildman–Crippen LogP) is 15.4. The van der Waals surface area contributed by atoms with Crippen LogP contribution in [0.3, 0.4) is 0 Å². The number of phosphoric acid groups is 1. The Morgan fingerprint density at radius 3 is 1.40 bits per heavy atom. The molecule has 0 spiro atoms. The lowest BCUT2D eigenvalue weighted by Gasteiger charge is -2.28. The Balaban J connectivity index is 4.16. The maximum Gasteiger partial charge on any atom is 0.306 e. The summed E-state index contributed by atoms with van der Waals surface area (Å²) in [6.45, 7) is 5.29. The van der Waals surface area contributed by atoms with Crippen LogP contribution in [0.1, 0.15) is 219 Å². The normalized spacial score (nSPS) is 14.1. The molecule has 9 heteroatoms. The highest BCUT2D eigenvalue weighted by atomic mass is 31.2. The number of phosphoric ester groups is 1. The third-order valence-electron chi connectivity index (χ3n) is 11.1. The van der Waals surface area contributed by atoms with Gasteiger partial charge in [0.1, 0.15) is 19.3 Å². The molecule has 0 saturated heterocycles. The van der Waals surface area contributed by atoms with E-state index in [4.69, 9.17) is 18.5 Å². The van der Waals surface area contributed by atoms with Crippen molar-refractivity contribution in [1.29, 1.82) is 0 Å². The van der Waals surface area contributed by atoms with Gasteiger partial charge in [-0.15, -0.1) is 0 Å². The summed E-state index contributed by atoms with van der Waals surface area (Å²) in [7, 11) is 1.34. The number of nitrogens with zero attached hydrogens (tertiary/aromatic N) is 1. The lowest BCUT2D eigenvalue weighted by Crippen LogP contribution is -2.37. The maximum atomic E-state index is 12.7. The topological polar surface area (TPSA) is 94.1 Å². The molecule has 0 fully saturated rings. The fraction of sp³-hybridized carbons (Fsp3) is 0.796. The van der Waals surface area contributed by atoms with Crippen LogP contribution in [0, 0.1) is 0 Å². The van der Waals surface area contributed by atoms with Gasteiger partial charge in [0.05, 0.1) is 34.4 Å². The monoisotopic (exact) mass is 906 g/mol. The van der Waals surface area contributed by atoms with Gasteiger partial charge in [0.15, 0.2) is 0 Å². The van der Waals surface area contributed by atoms with Crippen LogP contribution in [0.25, 0.3) is 0 Å². The summed E-state index contributed by atoms with van der Waals surface area (Å²) >= 11 is 0. The van der Waals surface area contributed by atoms with Crippen molar-refractivity contribution in [3.05, 3.63) is 60.8 Å². The molecule has 63 heavy (non-hydrogen) atoms. The maximum absolute atomic E-state index is 12.7. The number of hydrogen-bond donors (Lipinski definition) is 0. The molecule has 368 valence electrons. The van der Waals surface area contributed by atoms with Gasteiger partial charge in [-0.1, -0.05) is 197 Å². The lowest BCUT2D eigenvalue weighted by atomic mass is 10.1. The number of rotatable bonds is 48. The van der Waals surface area contributed by atoms with E-state index in [1.807, 2.05) is 21.1 Å². The molecule has 0 rings (SSSR count). The molecular weight excluding hydrogens is 806 g/mol. The molecule has 0 aromatic rings. The molecule has 0 radical (unpaired) electrons. The quantitative estimate of drug-likeness (QED) is 0.0197. The zero-order chi connectivity index (χ0) is 46.2. The molecule has 2 atom stereocenters. The van der Waals surface area contributed by atoms with Crippen LogP contribution >= 0.6 is 7.82 Å². The Kier molecular flexibility index (Phi) is 45.4. The molecule has 8 nitrogen and oxygen atoms in total. The SMILES string of the molecule is CC/C=C\C/C=C\C/C=C\C/C=C\CCCCCCCCC(=O)OC(COCCCCCCCCCCCC/C=C\CCCCCCCCCC)COP(=O)([O-])OCC[N+](C)(C)C. The van der Waals surface area contributed by atoms with Crippen molar-refractivity contribution in [3.63, 3.8) is 0 Å². The van der Waals surface area contributed by atoms with E-state index in [1.54, 1.807) is 0 Å². The van der Waals surface area contributed by atoms with E-state index in [9.17, 15) is 14.3 Å². The first-order valence-corrected chi connectivity index (χ1v) is 27.5. The average molecular weight is 906 g/mol. The minimum absolute atomic E-state index is 0.0208. The Morgan fingerprint density at radius 2 is 0.921 bits per heavy atom. The first kappa shape index (κ1) is 61.2. The molecule has 0 saturated carbocycles. The van der Waals surface area contributed by atoms with E-state index >= 15 is 0 Å². The van der Waals surface area contributed by atoms with Crippen molar-refractivity contribution in [2.24, 2.45) is 0 Å². The lowest BCUT2D eigenvalue weighted by molar-refractivity contribution is -0.870. The number of carbonyl (C=O) groups excluding carboxylic acids is 1. The minimum Gasteiger partial charge on any atom is -0.756 e. The highest BCUT2D eigenvalue weighted by Gasteiger charge is 2.20. The zero-order valence-corrected chi connectivity index (χ0v) is 42.7. The van der Waals surface area contributed by atoms with Crippen LogP contribution in [0.2, 0.25) is 0 Å². The molecule has 0 amide bonds. The molecule has 0 aromatic carbocycles. The number of unbranched alkanes of at least 4 members (excludes halogenated alkanes) is 24. The van der Waals surface area contributed by atoms with Gasteiger partial charge in [0.25, 0.3) is 7.82 Å². The molecule has 0 aliphatic heterocycles.